The minimum Gasteiger partial charge on any atom is -0.355 e. The second-order valence-electron chi connectivity index (χ2n) is 5.00. The minimum atomic E-state index is -0.127. The van der Waals surface area contributed by atoms with Crippen molar-refractivity contribution >= 4 is 17.5 Å². The van der Waals surface area contributed by atoms with E-state index < -0.39 is 0 Å². The summed E-state index contributed by atoms with van der Waals surface area (Å²) in [5, 5.41) is 2.85. The molecule has 4 nitrogen and oxygen atoms in total. The Balaban J connectivity index is 2.57. The lowest BCUT2D eigenvalue weighted by Gasteiger charge is -2.20. The number of hydrogen-bond donors (Lipinski definition) is 1. The monoisotopic (exact) mass is 276 g/mol. The van der Waals surface area contributed by atoms with Gasteiger partial charge in [-0.3, -0.25) is 9.59 Å². The van der Waals surface area contributed by atoms with Gasteiger partial charge in [0.05, 0.1) is 0 Å². The summed E-state index contributed by atoms with van der Waals surface area (Å²) >= 11 is 0. The number of amides is 2. The third kappa shape index (κ3) is 5.43. The summed E-state index contributed by atoms with van der Waals surface area (Å²) in [7, 11) is 0. The zero-order valence-corrected chi connectivity index (χ0v) is 12.6. The Morgan fingerprint density at radius 2 is 1.80 bits per heavy atom. The van der Waals surface area contributed by atoms with E-state index in [1.807, 2.05) is 31.2 Å². The molecule has 110 valence electrons. The van der Waals surface area contributed by atoms with E-state index in [1.54, 1.807) is 0 Å². The molecule has 1 aromatic rings. The van der Waals surface area contributed by atoms with Crippen LogP contribution in [-0.2, 0) is 9.59 Å². The van der Waals surface area contributed by atoms with Gasteiger partial charge < -0.3 is 10.2 Å². The van der Waals surface area contributed by atoms with Gasteiger partial charge in [-0.15, -0.1) is 0 Å². The first-order valence-corrected chi connectivity index (χ1v) is 7.16. The van der Waals surface area contributed by atoms with E-state index in [0.29, 0.717) is 6.54 Å². The molecule has 0 aliphatic rings. The van der Waals surface area contributed by atoms with Crippen molar-refractivity contribution < 1.29 is 9.59 Å². The molecule has 0 aliphatic heterocycles. The molecule has 0 bridgehead atoms. The number of rotatable bonds is 7. The molecule has 0 saturated carbocycles. The third-order valence-corrected chi connectivity index (χ3v) is 3.13. The predicted molar refractivity (Wildman–Crippen MR) is 81.7 cm³/mol. The molecule has 0 spiro atoms. The van der Waals surface area contributed by atoms with Crippen molar-refractivity contribution in [1.82, 2.24) is 5.32 Å². The molecule has 1 rings (SSSR count). The lowest BCUT2D eigenvalue weighted by atomic mass is 10.2. The third-order valence-electron chi connectivity index (χ3n) is 3.13. The maximum atomic E-state index is 11.9. The van der Waals surface area contributed by atoms with E-state index >= 15 is 0 Å². The van der Waals surface area contributed by atoms with Gasteiger partial charge in [-0.05, 0) is 25.5 Å². The van der Waals surface area contributed by atoms with E-state index in [-0.39, 0.29) is 18.4 Å². The molecule has 0 heterocycles. The van der Waals surface area contributed by atoms with Gasteiger partial charge in [0, 0.05) is 19.2 Å². The molecule has 2 amide bonds. The topological polar surface area (TPSA) is 49.4 Å². The van der Waals surface area contributed by atoms with Gasteiger partial charge in [0.15, 0.2) is 0 Å². The average molecular weight is 276 g/mol. The standard InChI is InChI=1S/C16H24N2O2/c1-4-5-6-11-17-16(20)12-18(14(3)19)15-9-7-13(2)8-10-15/h7-10H,4-6,11-12H2,1-3H3,(H,17,20). The highest BCUT2D eigenvalue weighted by Gasteiger charge is 2.15. The number of carbonyl (C=O) groups excluding carboxylic acids is 2. The lowest BCUT2D eigenvalue weighted by molar-refractivity contribution is -0.123. The number of hydrogen-bond acceptors (Lipinski definition) is 2. The van der Waals surface area contributed by atoms with E-state index in [2.05, 4.69) is 12.2 Å². The van der Waals surface area contributed by atoms with Gasteiger partial charge in [-0.2, -0.15) is 0 Å². The van der Waals surface area contributed by atoms with Crippen LogP contribution in [0.1, 0.15) is 38.7 Å². The quantitative estimate of drug-likeness (QED) is 0.778. The molecule has 0 radical (unpaired) electrons. The van der Waals surface area contributed by atoms with Crippen LogP contribution in [0, 0.1) is 6.92 Å². The van der Waals surface area contributed by atoms with Crippen molar-refractivity contribution in [2.45, 2.75) is 40.0 Å². The van der Waals surface area contributed by atoms with Crippen molar-refractivity contribution in [3.63, 3.8) is 0 Å². The van der Waals surface area contributed by atoms with Crippen LogP contribution < -0.4 is 10.2 Å². The van der Waals surface area contributed by atoms with Crippen LogP contribution in [0.25, 0.3) is 0 Å². The molecule has 1 aromatic carbocycles. The zero-order chi connectivity index (χ0) is 15.0. The summed E-state index contributed by atoms with van der Waals surface area (Å²) in [5.41, 5.74) is 1.88. The highest BCUT2D eigenvalue weighted by molar-refractivity contribution is 5.97. The summed E-state index contributed by atoms with van der Waals surface area (Å²) in [6.45, 7) is 6.33. The number of aryl methyl sites for hydroxylation is 1. The van der Waals surface area contributed by atoms with Crippen LogP contribution in [0.15, 0.2) is 24.3 Å². The van der Waals surface area contributed by atoms with Crippen LogP contribution in [0.5, 0.6) is 0 Å². The molecule has 0 aliphatic carbocycles. The van der Waals surface area contributed by atoms with Crippen molar-refractivity contribution in [2.24, 2.45) is 0 Å². The average Bonchev–Trinajstić information content (AvgIpc) is 2.42. The zero-order valence-electron chi connectivity index (χ0n) is 12.6. The summed E-state index contributed by atoms with van der Waals surface area (Å²) in [5.74, 6) is -0.241. The van der Waals surface area contributed by atoms with Gasteiger partial charge in [-0.25, -0.2) is 0 Å². The Morgan fingerprint density at radius 3 is 2.35 bits per heavy atom. The van der Waals surface area contributed by atoms with E-state index in [0.717, 1.165) is 30.5 Å². The van der Waals surface area contributed by atoms with Gasteiger partial charge >= 0.3 is 0 Å². The Hall–Kier alpha value is -1.84. The molecular formula is C16H24N2O2. The highest BCUT2D eigenvalue weighted by Crippen LogP contribution is 2.14. The fraction of sp³-hybridized carbons (Fsp3) is 0.500. The molecule has 0 fully saturated rings. The summed E-state index contributed by atoms with van der Waals surface area (Å²) in [6.07, 6.45) is 3.21. The van der Waals surface area contributed by atoms with Gasteiger partial charge in [-0.1, -0.05) is 37.5 Å². The molecule has 20 heavy (non-hydrogen) atoms. The van der Waals surface area contributed by atoms with Crippen molar-refractivity contribution in [3.05, 3.63) is 29.8 Å². The maximum Gasteiger partial charge on any atom is 0.240 e. The van der Waals surface area contributed by atoms with Crippen molar-refractivity contribution in [2.75, 3.05) is 18.0 Å². The van der Waals surface area contributed by atoms with Crippen LogP contribution in [0.3, 0.4) is 0 Å². The fourth-order valence-corrected chi connectivity index (χ4v) is 1.91. The van der Waals surface area contributed by atoms with E-state index in [1.165, 1.54) is 11.8 Å². The maximum absolute atomic E-state index is 11.9. The second kappa shape index (κ2) is 8.35. The Kier molecular flexibility index (Phi) is 6.77. The van der Waals surface area contributed by atoms with Crippen LogP contribution in [0.4, 0.5) is 5.69 Å². The predicted octanol–water partition coefficient (Wildman–Crippen LogP) is 2.65. The molecule has 0 atom stereocenters. The summed E-state index contributed by atoms with van der Waals surface area (Å²) in [6, 6.07) is 7.59. The van der Waals surface area contributed by atoms with Gasteiger partial charge in [0.1, 0.15) is 6.54 Å². The highest BCUT2D eigenvalue weighted by atomic mass is 16.2. The van der Waals surface area contributed by atoms with Crippen molar-refractivity contribution in [1.29, 1.82) is 0 Å². The normalized spacial score (nSPS) is 10.2. The van der Waals surface area contributed by atoms with Gasteiger partial charge in [0.2, 0.25) is 11.8 Å². The minimum absolute atomic E-state index is 0.0739. The molecular weight excluding hydrogens is 252 g/mol. The lowest BCUT2D eigenvalue weighted by Crippen LogP contribution is -2.40. The smallest absolute Gasteiger partial charge is 0.240 e. The molecule has 1 N–H and O–H groups in total. The summed E-state index contributed by atoms with van der Waals surface area (Å²) in [4.78, 5) is 25.0. The first kappa shape index (κ1) is 16.2. The van der Waals surface area contributed by atoms with Crippen LogP contribution in [0.2, 0.25) is 0 Å². The number of carbonyl (C=O) groups is 2. The molecule has 0 aromatic heterocycles. The van der Waals surface area contributed by atoms with E-state index in [4.69, 9.17) is 0 Å². The Morgan fingerprint density at radius 1 is 1.15 bits per heavy atom. The number of benzene rings is 1. The fourth-order valence-electron chi connectivity index (χ4n) is 1.91. The summed E-state index contributed by atoms with van der Waals surface area (Å²) < 4.78 is 0. The number of nitrogens with zero attached hydrogens (tertiary/aromatic N) is 1. The SMILES string of the molecule is CCCCCNC(=O)CN(C(C)=O)c1ccc(C)cc1. The second-order valence-corrected chi connectivity index (χ2v) is 5.00. The molecule has 4 heteroatoms. The first-order valence-electron chi connectivity index (χ1n) is 7.16. The number of nitrogens with one attached hydrogen (secondary N) is 1. The van der Waals surface area contributed by atoms with E-state index in [9.17, 15) is 9.59 Å². The van der Waals surface area contributed by atoms with Crippen LogP contribution in [-0.4, -0.2) is 24.9 Å². The molecule has 0 unspecified atom stereocenters. The van der Waals surface area contributed by atoms with Crippen LogP contribution >= 0.6 is 0 Å². The molecule has 0 saturated heterocycles. The van der Waals surface area contributed by atoms with Crippen molar-refractivity contribution in [3.8, 4) is 0 Å². The largest absolute Gasteiger partial charge is 0.355 e. The Bertz CT molecular complexity index is 440. The van der Waals surface area contributed by atoms with Gasteiger partial charge in [0.25, 0.3) is 0 Å². The first-order chi connectivity index (χ1) is 9.54. The number of anilines is 1. The number of unbranched alkanes of at least 4 members (excludes halogenated alkanes) is 2. The Labute approximate surface area is 121 Å².